The van der Waals surface area contributed by atoms with Gasteiger partial charge in [0.2, 0.25) is 0 Å². The molecule has 0 saturated heterocycles. The Morgan fingerprint density at radius 3 is 2.44 bits per heavy atom. The van der Waals surface area contributed by atoms with Crippen LogP contribution in [0.3, 0.4) is 0 Å². The van der Waals surface area contributed by atoms with Gasteiger partial charge in [0, 0.05) is 53.0 Å². The van der Waals surface area contributed by atoms with Gasteiger partial charge in [0.25, 0.3) is 10.1 Å². The first kappa shape index (κ1) is 22.0. The molecule has 0 unspecified atom stereocenters. The largest absolute Gasteiger partial charge is 0.456 e. The van der Waals surface area contributed by atoms with Crippen molar-refractivity contribution < 1.29 is 17.4 Å². The number of rotatable bonds is 5. The molecule has 6 nitrogen and oxygen atoms in total. The molecule has 0 spiro atoms. The van der Waals surface area contributed by atoms with E-state index in [4.69, 9.17) is 4.42 Å². The van der Waals surface area contributed by atoms with Crippen LogP contribution in [-0.2, 0) is 10.1 Å². The summed E-state index contributed by atoms with van der Waals surface area (Å²) < 4.78 is 40.7. The Balaban J connectivity index is 2.23. The van der Waals surface area contributed by atoms with Crippen molar-refractivity contribution in [2.24, 2.45) is 4.99 Å². The van der Waals surface area contributed by atoms with Gasteiger partial charge in [-0.3, -0.25) is 9.55 Å². The zero-order valence-electron chi connectivity index (χ0n) is 18.6. The summed E-state index contributed by atoms with van der Waals surface area (Å²) in [6.07, 6.45) is 0. The zero-order chi connectivity index (χ0) is 23.0. The number of nitrogens with zero attached hydrogens (tertiary/aromatic N) is 1. The van der Waals surface area contributed by atoms with Gasteiger partial charge in [0.1, 0.15) is 16.2 Å². The van der Waals surface area contributed by atoms with Crippen LogP contribution in [0.25, 0.3) is 33.4 Å². The molecule has 0 bridgehead atoms. The maximum Gasteiger partial charge on any atom is 0.295 e. The number of benzene rings is 3. The lowest BCUT2D eigenvalue weighted by Gasteiger charge is -2.19. The Hall–Kier alpha value is -3.16. The Morgan fingerprint density at radius 1 is 1.00 bits per heavy atom. The molecule has 7 heteroatoms. The van der Waals surface area contributed by atoms with Crippen molar-refractivity contribution in [1.82, 2.24) is 0 Å². The third-order valence-corrected chi connectivity index (χ3v) is 6.43. The molecule has 2 N–H and O–H groups in total. The summed E-state index contributed by atoms with van der Waals surface area (Å²) in [5.41, 5.74) is 5.42. The number of fused-ring (bicyclic) bond motifs is 2. The number of anilines is 1. The zero-order valence-corrected chi connectivity index (χ0v) is 19.4. The van der Waals surface area contributed by atoms with E-state index in [1.165, 1.54) is 6.07 Å². The van der Waals surface area contributed by atoms with Gasteiger partial charge in [0.15, 0.2) is 0 Å². The van der Waals surface area contributed by atoms with Crippen molar-refractivity contribution in [2.75, 3.05) is 18.4 Å². The monoisotopic (exact) mass is 450 g/mol. The molecule has 2 aromatic rings. The fourth-order valence-electron chi connectivity index (χ4n) is 4.10. The third-order valence-electron chi connectivity index (χ3n) is 5.51. The van der Waals surface area contributed by atoms with Crippen LogP contribution in [0.5, 0.6) is 0 Å². The topological polar surface area (TPSA) is 91.9 Å². The van der Waals surface area contributed by atoms with Crippen LogP contribution >= 0.6 is 0 Å². The summed E-state index contributed by atoms with van der Waals surface area (Å²) in [6.45, 7) is 9.36. The molecule has 0 amide bonds. The second-order valence-corrected chi connectivity index (χ2v) is 9.14. The molecule has 0 fully saturated rings. The first-order valence-electron chi connectivity index (χ1n) is 10.6. The van der Waals surface area contributed by atoms with Crippen LogP contribution < -0.4 is 10.7 Å². The molecule has 1 aliphatic heterocycles. The highest BCUT2D eigenvalue weighted by Gasteiger charge is 2.24. The average Bonchev–Trinajstić information content (AvgIpc) is 2.74. The maximum absolute atomic E-state index is 12.2. The fraction of sp³-hybridized carbons (Fsp3) is 0.240. The van der Waals surface area contributed by atoms with Crippen LogP contribution in [0.1, 0.15) is 25.0 Å². The fourth-order valence-corrected chi connectivity index (χ4v) is 4.80. The van der Waals surface area contributed by atoms with E-state index in [0.717, 1.165) is 39.7 Å². The number of nitrogens with one attached hydrogen (secondary N) is 1. The second kappa shape index (κ2) is 8.41. The summed E-state index contributed by atoms with van der Waals surface area (Å²) in [4.78, 5) is 4.41. The molecule has 1 heterocycles. The van der Waals surface area contributed by atoms with Crippen molar-refractivity contribution in [2.45, 2.75) is 32.6 Å². The van der Waals surface area contributed by atoms with Crippen molar-refractivity contribution in [3.63, 3.8) is 0 Å². The lowest BCUT2D eigenvalue weighted by Crippen LogP contribution is -2.09. The molecule has 2 aromatic carbocycles. The molecular formula is C25H26N2O4S. The van der Waals surface area contributed by atoms with Gasteiger partial charge in [0.05, 0.1) is 5.36 Å². The number of hydrogen-bond donors (Lipinski definition) is 2. The lowest BCUT2D eigenvalue weighted by atomic mass is 9.91. The van der Waals surface area contributed by atoms with E-state index in [2.05, 4.69) is 10.3 Å². The Kier molecular flexibility index (Phi) is 5.79. The predicted octanol–water partition coefficient (Wildman–Crippen LogP) is 5.42. The van der Waals surface area contributed by atoms with Crippen LogP contribution in [0.2, 0.25) is 0 Å². The van der Waals surface area contributed by atoms with Crippen molar-refractivity contribution in [3.8, 4) is 22.5 Å². The van der Waals surface area contributed by atoms with E-state index in [-0.39, 0.29) is 4.90 Å². The standard InChI is InChI=1S/C25H26N2O4S/c1-5-26-20-13-22-18(11-15(20)3)25(17-9-7-8-10-24(17)32(28,29)30)19-12-16(4)21(27-6-2)14-23(19)31-22/h7-14,26H,5-6H2,1-4H3,(H,28,29,30)/b27-21+. The molecular weight excluding hydrogens is 424 g/mol. The van der Waals surface area contributed by atoms with Gasteiger partial charge >= 0.3 is 0 Å². The van der Waals surface area contributed by atoms with E-state index in [9.17, 15) is 13.0 Å². The summed E-state index contributed by atoms with van der Waals surface area (Å²) in [5, 5.41) is 4.94. The van der Waals surface area contributed by atoms with Gasteiger partial charge in [-0.05, 0) is 57.0 Å². The molecule has 0 atom stereocenters. The Morgan fingerprint density at radius 2 is 1.75 bits per heavy atom. The van der Waals surface area contributed by atoms with Gasteiger partial charge < -0.3 is 9.73 Å². The molecule has 0 saturated carbocycles. The normalized spacial score (nSPS) is 12.6. The van der Waals surface area contributed by atoms with E-state index in [0.29, 0.717) is 29.0 Å². The maximum atomic E-state index is 12.2. The summed E-state index contributed by atoms with van der Waals surface area (Å²) in [7, 11) is -4.43. The lowest BCUT2D eigenvalue weighted by molar-refractivity contribution is 0.483. The van der Waals surface area contributed by atoms with Crippen molar-refractivity contribution in [3.05, 3.63) is 65.0 Å². The quantitative estimate of drug-likeness (QED) is 0.313. The third kappa shape index (κ3) is 3.89. The van der Waals surface area contributed by atoms with Crippen LogP contribution in [0.4, 0.5) is 5.69 Å². The van der Waals surface area contributed by atoms with E-state index < -0.39 is 10.1 Å². The predicted molar refractivity (Wildman–Crippen MR) is 128 cm³/mol. The molecule has 166 valence electrons. The average molecular weight is 451 g/mol. The van der Waals surface area contributed by atoms with Crippen molar-refractivity contribution in [1.29, 1.82) is 0 Å². The van der Waals surface area contributed by atoms with Crippen LogP contribution in [-0.4, -0.2) is 26.1 Å². The number of hydrogen-bond acceptors (Lipinski definition) is 5. The van der Waals surface area contributed by atoms with Crippen LogP contribution in [0.15, 0.2) is 62.8 Å². The minimum absolute atomic E-state index is 0.137. The molecule has 1 aliphatic carbocycles. The SMILES string of the molecule is CC/N=c1\cc2oc3cc(NCC)c(C)cc3c(-c3ccccc3S(=O)(=O)O)c-2cc1C. The molecule has 0 radical (unpaired) electrons. The second-order valence-electron chi connectivity index (χ2n) is 7.75. The molecule has 4 rings (SSSR count). The highest BCUT2D eigenvalue weighted by atomic mass is 32.2. The molecule has 32 heavy (non-hydrogen) atoms. The first-order chi connectivity index (χ1) is 15.2. The highest BCUT2D eigenvalue weighted by molar-refractivity contribution is 7.86. The molecule has 2 aliphatic rings. The summed E-state index contributed by atoms with van der Waals surface area (Å²) >= 11 is 0. The highest BCUT2D eigenvalue weighted by Crippen LogP contribution is 2.43. The van der Waals surface area contributed by atoms with E-state index in [1.54, 1.807) is 18.2 Å². The Labute approximate surface area is 187 Å². The summed E-state index contributed by atoms with van der Waals surface area (Å²) in [5.74, 6) is 0.599. The van der Waals surface area contributed by atoms with E-state index in [1.807, 2.05) is 52.0 Å². The summed E-state index contributed by atoms with van der Waals surface area (Å²) in [6, 6.07) is 14.3. The minimum atomic E-state index is -4.43. The van der Waals surface area contributed by atoms with Gasteiger partial charge in [-0.25, -0.2) is 0 Å². The van der Waals surface area contributed by atoms with Crippen molar-refractivity contribution >= 4 is 26.8 Å². The number of aryl methyl sites for hydroxylation is 2. The minimum Gasteiger partial charge on any atom is -0.456 e. The van der Waals surface area contributed by atoms with Gasteiger partial charge in [-0.15, -0.1) is 0 Å². The first-order valence-corrected chi connectivity index (χ1v) is 12.0. The molecule has 0 aromatic heterocycles. The smallest absolute Gasteiger partial charge is 0.295 e. The van der Waals surface area contributed by atoms with Gasteiger partial charge in [-0.2, -0.15) is 8.42 Å². The van der Waals surface area contributed by atoms with E-state index >= 15 is 0 Å². The Bertz CT molecular complexity index is 1470. The van der Waals surface area contributed by atoms with Crippen LogP contribution in [0, 0.1) is 13.8 Å². The van der Waals surface area contributed by atoms with Gasteiger partial charge in [-0.1, -0.05) is 18.2 Å².